The number of hydrogen-bond donors (Lipinski definition) is 12. The molecule has 3 aliphatic rings. The molecular weight excluding hydrogens is 1250 g/mol. The van der Waals surface area contributed by atoms with Gasteiger partial charge in [0, 0.05) is 6.42 Å². The van der Waals surface area contributed by atoms with E-state index in [1.165, 1.54) is 122 Å². The lowest BCUT2D eigenvalue weighted by molar-refractivity contribution is -0.379. The number of unbranched alkanes of at least 4 members (excludes halogenated alkanes) is 26. The third kappa shape index (κ3) is 39.2. The molecule has 98 heavy (non-hydrogen) atoms. The Morgan fingerprint density at radius 1 is 0.378 bits per heavy atom. The van der Waals surface area contributed by atoms with Gasteiger partial charge in [-0.2, -0.15) is 0 Å². The number of amides is 1. The average Bonchev–Trinajstić information content (AvgIpc) is 0.784. The Morgan fingerprint density at radius 2 is 0.714 bits per heavy atom. The minimum atomic E-state index is -1.99. The Kier molecular flexibility index (Phi) is 53.3. The largest absolute Gasteiger partial charge is 0.394 e. The first-order valence-electron chi connectivity index (χ1n) is 38.1. The van der Waals surface area contributed by atoms with Crippen LogP contribution in [0.5, 0.6) is 0 Å². The number of carbonyl (C=O) groups is 1. The SMILES string of the molecule is CC/C=C\C/C=C\C/C=C\C/C=C\C/C=C\C/C=C\CCCCCCCCCCCCC(=O)NC(COC1OC(CO)C(OC2OC(CO)C(OC3OC(CO)C(O)C(O)C3O)C(O)C2O)C(O)C1O)C(O)/C=C/CC/C=C/CC/C=C/CCCCCCCCCCCCCCCC. The van der Waals surface area contributed by atoms with E-state index in [0.29, 0.717) is 12.8 Å². The van der Waals surface area contributed by atoms with Gasteiger partial charge in [-0.3, -0.25) is 4.79 Å². The van der Waals surface area contributed by atoms with Crippen LogP contribution in [0.25, 0.3) is 0 Å². The molecule has 0 bridgehead atoms. The van der Waals surface area contributed by atoms with E-state index in [2.05, 4.69) is 116 Å². The van der Waals surface area contributed by atoms with Crippen LogP contribution >= 0.6 is 0 Å². The first kappa shape index (κ1) is 88.7. The molecule has 19 nitrogen and oxygen atoms in total. The van der Waals surface area contributed by atoms with Gasteiger partial charge in [-0.15, -0.1) is 0 Å². The normalized spacial score (nSPS) is 27.4. The van der Waals surface area contributed by atoms with Crippen LogP contribution in [0.1, 0.15) is 251 Å². The van der Waals surface area contributed by atoms with E-state index in [1.807, 2.05) is 6.08 Å². The minimum absolute atomic E-state index is 0.220. The number of rotatable bonds is 58. The molecule has 0 aromatic heterocycles. The monoisotopic (exact) mass is 1390 g/mol. The number of aliphatic hydroxyl groups is 11. The van der Waals surface area contributed by atoms with Crippen molar-refractivity contribution >= 4 is 5.91 Å². The molecule has 3 rings (SSSR count). The highest BCUT2D eigenvalue weighted by Gasteiger charge is 2.53. The van der Waals surface area contributed by atoms with E-state index in [1.54, 1.807) is 6.08 Å². The zero-order valence-corrected chi connectivity index (χ0v) is 60.0. The summed E-state index contributed by atoms with van der Waals surface area (Å²) in [6.45, 7) is 1.60. The molecule has 12 N–H and O–H groups in total. The fourth-order valence-corrected chi connectivity index (χ4v) is 12.2. The van der Waals surface area contributed by atoms with E-state index in [-0.39, 0.29) is 18.9 Å². The second kappa shape index (κ2) is 58.9. The van der Waals surface area contributed by atoms with Gasteiger partial charge in [0.1, 0.15) is 73.2 Å². The van der Waals surface area contributed by atoms with Gasteiger partial charge in [0.05, 0.1) is 38.6 Å². The van der Waals surface area contributed by atoms with Gasteiger partial charge >= 0.3 is 0 Å². The maximum atomic E-state index is 13.5. The van der Waals surface area contributed by atoms with Gasteiger partial charge in [0.25, 0.3) is 0 Å². The number of nitrogens with one attached hydrogen (secondary N) is 1. The molecule has 3 fully saturated rings. The topological polar surface area (TPSA) is 307 Å². The maximum absolute atomic E-state index is 13.5. The Morgan fingerprint density at radius 3 is 1.14 bits per heavy atom. The second-order valence-electron chi connectivity index (χ2n) is 26.7. The van der Waals surface area contributed by atoms with Crippen molar-refractivity contribution in [2.24, 2.45) is 0 Å². The van der Waals surface area contributed by atoms with Crippen molar-refractivity contribution in [1.82, 2.24) is 5.32 Å². The van der Waals surface area contributed by atoms with Crippen molar-refractivity contribution in [2.45, 2.75) is 356 Å². The molecule has 3 heterocycles. The van der Waals surface area contributed by atoms with Crippen molar-refractivity contribution in [3.05, 3.63) is 109 Å². The first-order chi connectivity index (χ1) is 47.8. The van der Waals surface area contributed by atoms with Crippen molar-refractivity contribution in [2.75, 3.05) is 26.4 Å². The lowest BCUT2D eigenvalue weighted by Gasteiger charge is -2.48. The highest BCUT2D eigenvalue weighted by Crippen LogP contribution is 2.33. The van der Waals surface area contributed by atoms with E-state index < -0.39 is 124 Å². The zero-order chi connectivity index (χ0) is 71.1. The molecule has 0 aromatic rings. The fourth-order valence-electron chi connectivity index (χ4n) is 12.2. The molecule has 17 atom stereocenters. The lowest BCUT2D eigenvalue weighted by atomic mass is 9.96. The third-order valence-corrected chi connectivity index (χ3v) is 18.3. The fraction of sp³-hybridized carbons (Fsp3) is 0.759. The Balaban J connectivity index is 1.42. The van der Waals surface area contributed by atoms with Crippen molar-refractivity contribution in [3.8, 4) is 0 Å². The highest BCUT2D eigenvalue weighted by molar-refractivity contribution is 5.76. The summed E-state index contributed by atoms with van der Waals surface area (Å²) in [5.41, 5.74) is 0. The molecule has 17 unspecified atom stereocenters. The second-order valence-corrected chi connectivity index (χ2v) is 26.7. The summed E-state index contributed by atoms with van der Waals surface area (Å²) in [5.74, 6) is -0.297. The average molecular weight is 1390 g/mol. The summed E-state index contributed by atoms with van der Waals surface area (Å²) in [6.07, 6.45) is 53.5. The van der Waals surface area contributed by atoms with Crippen LogP contribution in [0, 0.1) is 0 Å². The van der Waals surface area contributed by atoms with Crippen molar-refractivity contribution < 1.29 is 89.4 Å². The molecule has 564 valence electrons. The molecule has 0 aromatic carbocycles. The standard InChI is InChI=1S/C79H135NO18/c1-3-5-7-9-11-13-15-17-19-21-23-25-27-29-30-31-32-33-35-37-39-41-43-45-47-49-51-53-55-57-67(85)80-62(63(84)56-54-52-50-48-46-44-42-40-38-36-34-28-26-24-22-20-18-16-14-12-10-8-6-4-2)61-93-77-73(91)70(88)75(65(59-82)95-77)98-79-74(92)71(89)76(66(60-83)96-79)97-78-72(90)69(87)68(86)64(58-81)94-78/h5,7,11,13,17,19,23,25,29-30,32-33,38,40,46,48,54,56,62-66,68-79,81-84,86-92H,3-4,6,8-10,12,14-16,18,20-22,24,26-28,31,34-37,39,41-45,47,49-53,55,57-61H2,1-2H3,(H,80,85)/b7-5-,13-11-,19-17-,25-23-,30-29-,33-32-,40-38+,48-46+,56-54+. The molecule has 19 heteroatoms. The summed E-state index contributed by atoms with van der Waals surface area (Å²) >= 11 is 0. The smallest absolute Gasteiger partial charge is 0.220 e. The van der Waals surface area contributed by atoms with Crippen LogP contribution in [0.3, 0.4) is 0 Å². The van der Waals surface area contributed by atoms with Crippen LogP contribution in [0.2, 0.25) is 0 Å². The van der Waals surface area contributed by atoms with Crippen molar-refractivity contribution in [1.29, 1.82) is 0 Å². The van der Waals surface area contributed by atoms with Gasteiger partial charge in [0.15, 0.2) is 18.9 Å². The minimum Gasteiger partial charge on any atom is -0.394 e. The summed E-state index contributed by atoms with van der Waals surface area (Å²) in [5, 5.41) is 121. The maximum Gasteiger partial charge on any atom is 0.220 e. The number of carbonyl (C=O) groups excluding carboxylic acids is 1. The van der Waals surface area contributed by atoms with Crippen LogP contribution < -0.4 is 5.32 Å². The van der Waals surface area contributed by atoms with Gasteiger partial charge in [-0.05, 0) is 96.3 Å². The molecule has 3 saturated heterocycles. The van der Waals surface area contributed by atoms with E-state index >= 15 is 0 Å². The van der Waals surface area contributed by atoms with E-state index in [9.17, 15) is 61.0 Å². The Bertz CT molecular complexity index is 2200. The number of ether oxygens (including phenoxy) is 6. The first-order valence-corrected chi connectivity index (χ1v) is 38.1. The summed E-state index contributed by atoms with van der Waals surface area (Å²) in [7, 11) is 0. The predicted molar refractivity (Wildman–Crippen MR) is 387 cm³/mol. The molecule has 1 amide bonds. The summed E-state index contributed by atoms with van der Waals surface area (Å²) < 4.78 is 34.4. The summed E-state index contributed by atoms with van der Waals surface area (Å²) in [6, 6.07) is -1.01. The molecule has 0 saturated carbocycles. The van der Waals surface area contributed by atoms with Crippen LogP contribution in [-0.2, 0) is 33.2 Å². The van der Waals surface area contributed by atoms with Crippen LogP contribution in [0.4, 0.5) is 0 Å². The number of allylic oxidation sites excluding steroid dienone is 17. The third-order valence-electron chi connectivity index (χ3n) is 18.3. The molecular formula is C79H135NO18. The lowest BCUT2D eigenvalue weighted by Crippen LogP contribution is -2.66. The van der Waals surface area contributed by atoms with E-state index in [4.69, 9.17) is 28.4 Å². The Hall–Kier alpha value is -3.55. The number of aliphatic hydroxyl groups excluding tert-OH is 11. The molecule has 0 spiro atoms. The van der Waals surface area contributed by atoms with Crippen LogP contribution in [0.15, 0.2) is 109 Å². The van der Waals surface area contributed by atoms with Crippen molar-refractivity contribution in [3.63, 3.8) is 0 Å². The zero-order valence-electron chi connectivity index (χ0n) is 60.0. The van der Waals surface area contributed by atoms with Gasteiger partial charge < -0.3 is 89.9 Å². The predicted octanol–water partition coefficient (Wildman–Crippen LogP) is 11.8. The Labute approximate surface area is 589 Å². The molecule has 0 radical (unpaired) electrons. The summed E-state index contributed by atoms with van der Waals surface area (Å²) in [4.78, 5) is 13.5. The van der Waals surface area contributed by atoms with Gasteiger partial charge in [-0.1, -0.05) is 258 Å². The highest BCUT2D eigenvalue weighted by atomic mass is 16.8. The quantitative estimate of drug-likeness (QED) is 0.0199. The van der Waals surface area contributed by atoms with Gasteiger partial charge in [-0.25, -0.2) is 0 Å². The van der Waals surface area contributed by atoms with Crippen LogP contribution in [-0.4, -0.2) is 193 Å². The van der Waals surface area contributed by atoms with Gasteiger partial charge in [0.2, 0.25) is 5.91 Å². The molecule has 3 aliphatic heterocycles. The van der Waals surface area contributed by atoms with E-state index in [0.717, 1.165) is 96.3 Å². The number of hydrogen-bond acceptors (Lipinski definition) is 18. The molecule has 0 aliphatic carbocycles.